The first-order valence-corrected chi connectivity index (χ1v) is 10.6. The molecule has 0 atom stereocenters. The lowest BCUT2D eigenvalue weighted by Gasteiger charge is -2.13. The fourth-order valence-corrected chi connectivity index (χ4v) is 3.34. The highest BCUT2D eigenvalue weighted by Crippen LogP contribution is 2.00. The number of hydrogen-bond acceptors (Lipinski definition) is 5. The van der Waals surface area contributed by atoms with Crippen LogP contribution in [0.5, 0.6) is 0 Å². The molecule has 0 aliphatic carbocycles. The number of carbonyl (C=O) groups excluding carboxylic acids is 1. The first-order chi connectivity index (χ1) is 9.58. The van der Waals surface area contributed by atoms with E-state index in [0.717, 1.165) is 19.1 Å². The van der Waals surface area contributed by atoms with Crippen LogP contribution in [0.1, 0.15) is 32.6 Å². The van der Waals surface area contributed by atoms with Crippen molar-refractivity contribution in [3.8, 4) is 0 Å². The molecular weight excluding hydrogens is 316 g/mol. The Morgan fingerprint density at radius 2 is 1.71 bits per heavy atom. The molecule has 21 heavy (non-hydrogen) atoms. The van der Waals surface area contributed by atoms with Crippen molar-refractivity contribution in [3.05, 3.63) is 0 Å². The number of sulfone groups is 1. The molecule has 0 radical (unpaired) electrons. The van der Waals surface area contributed by atoms with Crippen LogP contribution in [-0.2, 0) is 24.7 Å². The van der Waals surface area contributed by atoms with Crippen molar-refractivity contribution in [1.82, 2.24) is 9.62 Å². The van der Waals surface area contributed by atoms with Crippen molar-refractivity contribution in [2.24, 2.45) is 0 Å². The van der Waals surface area contributed by atoms with Crippen LogP contribution in [0.25, 0.3) is 0 Å². The molecule has 0 saturated heterocycles. The number of nitrogens with one attached hydrogen (secondary N) is 1. The molecule has 9 heteroatoms. The van der Waals surface area contributed by atoms with Gasteiger partial charge in [0.05, 0.1) is 12.0 Å². The molecule has 1 amide bonds. The minimum Gasteiger partial charge on any atom is -0.355 e. The van der Waals surface area contributed by atoms with E-state index in [-0.39, 0.29) is 18.8 Å². The lowest BCUT2D eigenvalue weighted by Crippen LogP contribution is -2.34. The molecule has 0 spiro atoms. The third-order valence-corrected chi connectivity index (χ3v) is 5.88. The summed E-state index contributed by atoms with van der Waals surface area (Å²) in [5.74, 6) is -1.00. The monoisotopic (exact) mass is 342 g/mol. The fraction of sp³-hybridized carbons (Fsp3) is 0.917. The summed E-state index contributed by atoms with van der Waals surface area (Å²) in [5, 5.41) is 2.50. The van der Waals surface area contributed by atoms with Crippen LogP contribution in [0.3, 0.4) is 0 Å². The smallest absolute Gasteiger partial charge is 0.235 e. The second kappa shape index (κ2) is 9.37. The molecule has 0 bridgehead atoms. The maximum Gasteiger partial charge on any atom is 0.235 e. The Kier molecular flexibility index (Phi) is 9.07. The van der Waals surface area contributed by atoms with Gasteiger partial charge in [0.2, 0.25) is 15.9 Å². The van der Waals surface area contributed by atoms with Gasteiger partial charge in [-0.05, 0) is 12.8 Å². The van der Waals surface area contributed by atoms with E-state index >= 15 is 0 Å². The molecule has 1 N–H and O–H groups in total. The number of amides is 1. The van der Waals surface area contributed by atoms with E-state index in [1.807, 2.05) is 6.92 Å². The van der Waals surface area contributed by atoms with Gasteiger partial charge in [-0.1, -0.05) is 19.8 Å². The molecule has 0 rings (SSSR count). The normalized spacial score (nSPS) is 12.6. The Balaban J connectivity index is 3.95. The maximum absolute atomic E-state index is 11.6. The lowest BCUT2D eigenvalue weighted by molar-refractivity contribution is -0.118. The van der Waals surface area contributed by atoms with Gasteiger partial charge in [-0.2, -0.15) is 0 Å². The largest absolute Gasteiger partial charge is 0.355 e. The van der Waals surface area contributed by atoms with Crippen LogP contribution in [0.15, 0.2) is 0 Å². The number of nitrogens with zero attached hydrogens (tertiary/aromatic N) is 1. The van der Waals surface area contributed by atoms with Gasteiger partial charge in [-0.15, -0.1) is 0 Å². The third-order valence-electron chi connectivity index (χ3n) is 2.95. The molecule has 0 aromatic carbocycles. The number of carbonyl (C=O) groups is 1. The first kappa shape index (κ1) is 20.3. The average molecular weight is 342 g/mol. The van der Waals surface area contributed by atoms with Crippen molar-refractivity contribution < 1.29 is 21.6 Å². The zero-order chi connectivity index (χ0) is 16.5. The van der Waals surface area contributed by atoms with E-state index in [0.29, 0.717) is 12.8 Å². The zero-order valence-corrected chi connectivity index (χ0v) is 14.6. The first-order valence-electron chi connectivity index (χ1n) is 6.97. The Morgan fingerprint density at radius 3 is 2.24 bits per heavy atom. The minimum atomic E-state index is -3.35. The Hall–Kier alpha value is -0.670. The Bertz CT molecular complexity index is 514. The molecule has 0 fully saturated rings. The standard InChI is InChI=1S/C12H26N2O5S2/c1-4-5-6-10-21(18,19)11-12(15)13-8-7-9-14(2)20(3,16)17/h4-11H2,1-3H3,(H,13,15). The van der Waals surface area contributed by atoms with Crippen molar-refractivity contribution in [3.63, 3.8) is 0 Å². The van der Waals surface area contributed by atoms with Gasteiger partial charge < -0.3 is 5.32 Å². The van der Waals surface area contributed by atoms with Gasteiger partial charge in [-0.3, -0.25) is 4.79 Å². The average Bonchev–Trinajstić information content (AvgIpc) is 2.32. The van der Waals surface area contributed by atoms with E-state index in [9.17, 15) is 21.6 Å². The van der Waals surface area contributed by atoms with Gasteiger partial charge in [0, 0.05) is 20.1 Å². The SMILES string of the molecule is CCCCCS(=O)(=O)CC(=O)NCCCN(C)S(C)(=O)=O. The summed E-state index contributed by atoms with van der Waals surface area (Å²) in [4.78, 5) is 11.5. The van der Waals surface area contributed by atoms with Gasteiger partial charge in [0.15, 0.2) is 9.84 Å². The minimum absolute atomic E-state index is 0.0328. The number of rotatable bonds is 11. The summed E-state index contributed by atoms with van der Waals surface area (Å²) < 4.78 is 46.7. The van der Waals surface area contributed by atoms with E-state index in [4.69, 9.17) is 0 Å². The van der Waals surface area contributed by atoms with Crippen LogP contribution in [0.2, 0.25) is 0 Å². The maximum atomic E-state index is 11.6. The number of unbranched alkanes of at least 4 members (excludes halogenated alkanes) is 2. The molecular formula is C12H26N2O5S2. The van der Waals surface area contributed by atoms with Gasteiger partial charge in [0.1, 0.15) is 5.75 Å². The van der Waals surface area contributed by atoms with Crippen molar-refractivity contribution in [2.45, 2.75) is 32.6 Å². The summed E-state index contributed by atoms with van der Waals surface area (Å²) in [7, 11) is -5.11. The van der Waals surface area contributed by atoms with Gasteiger partial charge in [0.25, 0.3) is 0 Å². The molecule has 7 nitrogen and oxygen atoms in total. The second-order valence-electron chi connectivity index (χ2n) is 5.09. The summed E-state index contributed by atoms with van der Waals surface area (Å²) in [5.41, 5.74) is 0. The molecule has 0 unspecified atom stereocenters. The Labute approximate surface area is 128 Å². The molecule has 0 heterocycles. The lowest BCUT2D eigenvalue weighted by atomic mass is 10.3. The predicted octanol–water partition coefficient (Wildman–Crippen LogP) is -0.0109. The van der Waals surface area contributed by atoms with Crippen LogP contribution >= 0.6 is 0 Å². The quantitative estimate of drug-likeness (QED) is 0.532. The molecule has 0 aliphatic heterocycles. The van der Waals surface area contributed by atoms with Crippen molar-refractivity contribution in [2.75, 3.05) is 37.9 Å². The highest BCUT2D eigenvalue weighted by atomic mass is 32.2. The topological polar surface area (TPSA) is 101 Å². The van der Waals surface area contributed by atoms with Crippen molar-refractivity contribution in [1.29, 1.82) is 0 Å². The molecule has 126 valence electrons. The van der Waals surface area contributed by atoms with E-state index in [1.165, 1.54) is 11.4 Å². The number of hydrogen-bond donors (Lipinski definition) is 1. The van der Waals surface area contributed by atoms with E-state index in [2.05, 4.69) is 5.32 Å². The van der Waals surface area contributed by atoms with Crippen LogP contribution in [0, 0.1) is 0 Å². The van der Waals surface area contributed by atoms with Crippen LogP contribution < -0.4 is 5.32 Å². The van der Waals surface area contributed by atoms with Gasteiger partial charge in [-0.25, -0.2) is 21.1 Å². The predicted molar refractivity (Wildman–Crippen MR) is 83.3 cm³/mol. The summed E-state index contributed by atoms with van der Waals surface area (Å²) in [6, 6.07) is 0. The van der Waals surface area contributed by atoms with Crippen LogP contribution in [-0.4, -0.2) is 64.9 Å². The number of sulfonamides is 1. The van der Waals surface area contributed by atoms with E-state index in [1.54, 1.807) is 0 Å². The molecule has 0 aromatic heterocycles. The molecule has 0 saturated carbocycles. The summed E-state index contributed by atoms with van der Waals surface area (Å²) >= 11 is 0. The highest BCUT2D eigenvalue weighted by molar-refractivity contribution is 7.92. The third kappa shape index (κ3) is 10.7. The van der Waals surface area contributed by atoms with Gasteiger partial charge >= 0.3 is 0 Å². The van der Waals surface area contributed by atoms with Crippen LogP contribution in [0.4, 0.5) is 0 Å². The summed E-state index contributed by atoms with van der Waals surface area (Å²) in [6.45, 7) is 2.51. The molecule has 0 aliphatic rings. The molecule has 0 aromatic rings. The van der Waals surface area contributed by atoms with E-state index < -0.39 is 31.5 Å². The Morgan fingerprint density at radius 1 is 1.10 bits per heavy atom. The zero-order valence-electron chi connectivity index (χ0n) is 13.0. The van der Waals surface area contributed by atoms with Crippen molar-refractivity contribution >= 4 is 25.8 Å². The highest BCUT2D eigenvalue weighted by Gasteiger charge is 2.16. The summed E-state index contributed by atoms with van der Waals surface area (Å²) in [6.07, 6.45) is 3.87. The fourth-order valence-electron chi connectivity index (χ4n) is 1.59. The second-order valence-corrected chi connectivity index (χ2v) is 9.36.